The summed E-state index contributed by atoms with van der Waals surface area (Å²) in [6, 6.07) is 7.50. The number of amides is 2. The maximum Gasteiger partial charge on any atom is 0.290 e. The number of para-hydroxylation sites is 1. The van der Waals surface area contributed by atoms with Crippen LogP contribution in [0, 0.1) is 6.92 Å². The lowest BCUT2D eigenvalue weighted by molar-refractivity contribution is -0.119. The van der Waals surface area contributed by atoms with Crippen molar-refractivity contribution in [1.82, 2.24) is 4.90 Å². The Morgan fingerprint density at radius 1 is 1.32 bits per heavy atom. The van der Waals surface area contributed by atoms with Gasteiger partial charge in [-0.25, -0.2) is 0 Å². The highest BCUT2D eigenvalue weighted by Gasteiger charge is 2.31. The smallest absolute Gasteiger partial charge is 0.290 e. The Kier molecular flexibility index (Phi) is 3.88. The van der Waals surface area contributed by atoms with Gasteiger partial charge in [-0.1, -0.05) is 18.2 Å². The fourth-order valence-corrected chi connectivity index (χ4v) is 3.22. The minimum absolute atomic E-state index is 0.119. The first-order valence-electron chi connectivity index (χ1n) is 7.65. The molecule has 2 heterocycles. The molecule has 2 aromatic rings. The Morgan fingerprint density at radius 2 is 2.09 bits per heavy atom. The molecule has 0 bridgehead atoms. The number of carbonyl (C=O) groups is 2. The summed E-state index contributed by atoms with van der Waals surface area (Å²) in [6.45, 7) is 2.54. The highest BCUT2D eigenvalue weighted by atomic mass is 16.3. The van der Waals surface area contributed by atoms with E-state index in [9.17, 15) is 9.59 Å². The monoisotopic (exact) mass is 300 g/mol. The topological polar surface area (TPSA) is 76.5 Å². The van der Waals surface area contributed by atoms with E-state index in [1.165, 1.54) is 0 Å². The zero-order valence-electron chi connectivity index (χ0n) is 12.7. The largest absolute Gasteiger partial charge is 0.451 e. The van der Waals surface area contributed by atoms with Crippen molar-refractivity contribution < 1.29 is 14.0 Å². The number of nitrogens with two attached hydrogens (primary N) is 1. The minimum Gasteiger partial charge on any atom is -0.451 e. The SMILES string of the molecule is Cc1c(C(=O)N2CCCC[C@H]2CC(N)=O)oc2ccccc12. The van der Waals surface area contributed by atoms with Gasteiger partial charge in [-0.2, -0.15) is 0 Å². The molecule has 1 aliphatic heterocycles. The van der Waals surface area contributed by atoms with Gasteiger partial charge in [0.15, 0.2) is 5.76 Å². The molecule has 1 aromatic carbocycles. The molecule has 0 unspecified atom stereocenters. The summed E-state index contributed by atoms with van der Waals surface area (Å²) in [5.41, 5.74) is 6.88. The van der Waals surface area contributed by atoms with Crippen molar-refractivity contribution in [3.05, 3.63) is 35.6 Å². The number of primary amides is 1. The van der Waals surface area contributed by atoms with E-state index >= 15 is 0 Å². The summed E-state index contributed by atoms with van der Waals surface area (Å²) >= 11 is 0. The number of carbonyl (C=O) groups excluding carboxylic acids is 2. The number of nitrogens with zero attached hydrogens (tertiary/aromatic N) is 1. The molecule has 5 nitrogen and oxygen atoms in total. The molecule has 22 heavy (non-hydrogen) atoms. The van der Waals surface area contributed by atoms with Gasteiger partial charge in [0.05, 0.1) is 0 Å². The number of fused-ring (bicyclic) bond motifs is 1. The second-order valence-electron chi connectivity index (χ2n) is 5.87. The molecule has 1 saturated heterocycles. The van der Waals surface area contributed by atoms with Gasteiger partial charge in [0, 0.05) is 30.0 Å². The van der Waals surface area contributed by atoms with Gasteiger partial charge in [0.1, 0.15) is 5.58 Å². The van der Waals surface area contributed by atoms with E-state index in [1.54, 1.807) is 4.90 Å². The highest BCUT2D eigenvalue weighted by Crippen LogP contribution is 2.28. The van der Waals surface area contributed by atoms with Crippen molar-refractivity contribution in [1.29, 1.82) is 0 Å². The molecule has 1 aromatic heterocycles. The summed E-state index contributed by atoms with van der Waals surface area (Å²) in [5, 5.41) is 0.953. The maximum absolute atomic E-state index is 12.9. The molecule has 2 N–H and O–H groups in total. The Labute approximate surface area is 129 Å². The van der Waals surface area contributed by atoms with E-state index in [2.05, 4.69) is 0 Å². The average Bonchev–Trinajstić information content (AvgIpc) is 2.84. The lowest BCUT2D eigenvalue weighted by atomic mass is 9.98. The van der Waals surface area contributed by atoms with Crippen LogP contribution < -0.4 is 5.73 Å². The van der Waals surface area contributed by atoms with Crippen molar-refractivity contribution >= 4 is 22.8 Å². The first-order valence-corrected chi connectivity index (χ1v) is 7.65. The number of likely N-dealkylation sites (tertiary alicyclic amines) is 1. The average molecular weight is 300 g/mol. The summed E-state index contributed by atoms with van der Waals surface area (Å²) in [6.07, 6.45) is 2.99. The summed E-state index contributed by atoms with van der Waals surface area (Å²) in [4.78, 5) is 25.9. The predicted molar refractivity (Wildman–Crippen MR) is 83.4 cm³/mol. The molecule has 1 aliphatic rings. The van der Waals surface area contributed by atoms with E-state index in [0.717, 1.165) is 30.2 Å². The van der Waals surface area contributed by atoms with Crippen LogP contribution in [0.2, 0.25) is 0 Å². The zero-order valence-corrected chi connectivity index (χ0v) is 12.7. The van der Waals surface area contributed by atoms with Gasteiger partial charge >= 0.3 is 0 Å². The minimum atomic E-state index is -0.369. The molecule has 0 radical (unpaired) electrons. The Morgan fingerprint density at radius 3 is 2.82 bits per heavy atom. The van der Waals surface area contributed by atoms with Gasteiger partial charge in [0.25, 0.3) is 5.91 Å². The van der Waals surface area contributed by atoms with Crippen LogP contribution in [0.4, 0.5) is 0 Å². The molecule has 2 amide bonds. The first kappa shape index (κ1) is 14.6. The number of hydrogen-bond acceptors (Lipinski definition) is 3. The van der Waals surface area contributed by atoms with Gasteiger partial charge < -0.3 is 15.1 Å². The molecule has 5 heteroatoms. The van der Waals surface area contributed by atoms with Crippen molar-refractivity contribution in [2.75, 3.05) is 6.54 Å². The molecule has 0 saturated carbocycles. The third-order valence-electron chi connectivity index (χ3n) is 4.36. The fraction of sp³-hybridized carbons (Fsp3) is 0.412. The van der Waals surface area contributed by atoms with Gasteiger partial charge in [0.2, 0.25) is 5.91 Å². The van der Waals surface area contributed by atoms with Gasteiger partial charge in [-0.15, -0.1) is 0 Å². The fourth-order valence-electron chi connectivity index (χ4n) is 3.22. The Hall–Kier alpha value is -2.30. The van der Waals surface area contributed by atoms with Crippen LogP contribution in [-0.4, -0.2) is 29.3 Å². The second kappa shape index (κ2) is 5.83. The van der Waals surface area contributed by atoms with Crippen molar-refractivity contribution in [2.24, 2.45) is 5.73 Å². The maximum atomic E-state index is 12.9. The van der Waals surface area contributed by atoms with E-state index in [0.29, 0.717) is 17.9 Å². The Balaban J connectivity index is 1.93. The number of piperidine rings is 1. The molecule has 1 atom stereocenters. The molecular formula is C17H20N2O3. The molecule has 0 aliphatic carbocycles. The summed E-state index contributed by atoms with van der Waals surface area (Å²) < 4.78 is 5.76. The molecule has 1 fully saturated rings. The molecular weight excluding hydrogens is 280 g/mol. The summed E-state index contributed by atoms with van der Waals surface area (Å²) in [5.74, 6) is -0.136. The van der Waals surface area contributed by atoms with Gasteiger partial charge in [-0.3, -0.25) is 9.59 Å². The van der Waals surface area contributed by atoms with Crippen LogP contribution in [0.3, 0.4) is 0 Å². The van der Waals surface area contributed by atoms with Crippen LogP contribution in [0.25, 0.3) is 11.0 Å². The second-order valence-corrected chi connectivity index (χ2v) is 5.87. The van der Waals surface area contributed by atoms with Crippen LogP contribution >= 0.6 is 0 Å². The van der Waals surface area contributed by atoms with Crippen LogP contribution in [-0.2, 0) is 4.79 Å². The predicted octanol–water partition coefficient (Wildman–Crippen LogP) is 2.61. The van der Waals surface area contributed by atoms with Gasteiger partial charge in [-0.05, 0) is 32.3 Å². The van der Waals surface area contributed by atoms with Crippen LogP contribution in [0.1, 0.15) is 41.8 Å². The summed E-state index contributed by atoms with van der Waals surface area (Å²) in [7, 11) is 0. The van der Waals surface area contributed by atoms with Crippen LogP contribution in [0.15, 0.2) is 28.7 Å². The Bertz CT molecular complexity index is 720. The lowest BCUT2D eigenvalue weighted by Crippen LogP contribution is -2.45. The van der Waals surface area contributed by atoms with Crippen LogP contribution in [0.5, 0.6) is 0 Å². The number of aryl methyl sites for hydroxylation is 1. The number of rotatable bonds is 3. The van der Waals surface area contributed by atoms with E-state index in [-0.39, 0.29) is 24.3 Å². The van der Waals surface area contributed by atoms with Crippen molar-refractivity contribution in [3.63, 3.8) is 0 Å². The quantitative estimate of drug-likeness (QED) is 0.946. The standard InChI is InChI=1S/C17H20N2O3/c1-11-13-7-2-3-8-14(13)22-16(11)17(21)19-9-5-4-6-12(19)10-15(18)20/h2-3,7-8,12H,4-6,9-10H2,1H3,(H2,18,20)/t12-/m0/s1. The van der Waals surface area contributed by atoms with E-state index in [1.807, 2.05) is 31.2 Å². The molecule has 0 spiro atoms. The first-order chi connectivity index (χ1) is 10.6. The normalized spacial score (nSPS) is 18.6. The zero-order chi connectivity index (χ0) is 15.7. The van der Waals surface area contributed by atoms with E-state index in [4.69, 9.17) is 10.2 Å². The van der Waals surface area contributed by atoms with Crippen molar-refractivity contribution in [2.45, 2.75) is 38.6 Å². The van der Waals surface area contributed by atoms with Crippen molar-refractivity contribution in [3.8, 4) is 0 Å². The molecule has 116 valence electrons. The van der Waals surface area contributed by atoms with E-state index < -0.39 is 0 Å². The number of furan rings is 1. The number of benzene rings is 1. The third kappa shape index (κ3) is 2.58. The molecule has 3 rings (SSSR count). The highest BCUT2D eigenvalue weighted by molar-refractivity contribution is 5.99. The third-order valence-corrected chi connectivity index (χ3v) is 4.36. The number of hydrogen-bond donors (Lipinski definition) is 1. The lowest BCUT2D eigenvalue weighted by Gasteiger charge is -2.34.